The number of rotatable bonds is 1. The number of hydrogen-bond acceptors (Lipinski definition) is 2. The van der Waals surface area contributed by atoms with E-state index in [1.807, 2.05) is 0 Å². The van der Waals surface area contributed by atoms with Crippen LogP contribution < -0.4 is 5.63 Å². The molecule has 1 aromatic heterocycles. The van der Waals surface area contributed by atoms with E-state index in [1.165, 1.54) is 18.2 Å². The van der Waals surface area contributed by atoms with Crippen molar-refractivity contribution < 1.29 is 17.6 Å². The molecule has 0 atom stereocenters. The molecule has 0 amide bonds. The van der Waals surface area contributed by atoms with Crippen LogP contribution >= 0.6 is 0 Å². The minimum absolute atomic E-state index is 0.328. The number of para-hydroxylation sites is 1. The van der Waals surface area contributed by atoms with E-state index < -0.39 is 17.4 Å². The summed E-state index contributed by atoms with van der Waals surface area (Å²) < 4.78 is 43.4. The maximum absolute atomic E-state index is 12.8. The largest absolute Gasteiger partial charge is 0.423 e. The van der Waals surface area contributed by atoms with E-state index in [4.69, 9.17) is 4.42 Å². The van der Waals surface area contributed by atoms with Crippen molar-refractivity contribution in [1.82, 2.24) is 0 Å². The Morgan fingerprint density at radius 1 is 0.905 bits per heavy atom. The standard InChI is InChI=1S/C16H9F3O2/c17-16(18,19)11-5-3-4-10(8-11)13-9-15(20)21-14-7-2-1-6-12(13)14/h1-9H. The molecule has 0 N–H and O–H groups in total. The summed E-state index contributed by atoms with van der Waals surface area (Å²) in [5.41, 5.74) is -0.252. The van der Waals surface area contributed by atoms with Gasteiger partial charge in [0.2, 0.25) is 0 Å². The van der Waals surface area contributed by atoms with Crippen LogP contribution in [0.4, 0.5) is 13.2 Å². The first-order chi connectivity index (χ1) is 9.95. The van der Waals surface area contributed by atoms with Gasteiger partial charge >= 0.3 is 11.8 Å². The number of fused-ring (bicyclic) bond motifs is 1. The summed E-state index contributed by atoms with van der Waals surface area (Å²) in [6, 6.07) is 12.8. The van der Waals surface area contributed by atoms with Crippen molar-refractivity contribution in [3.8, 4) is 11.1 Å². The fourth-order valence-electron chi connectivity index (χ4n) is 2.21. The lowest BCUT2D eigenvalue weighted by molar-refractivity contribution is -0.137. The van der Waals surface area contributed by atoms with Crippen LogP contribution in [-0.4, -0.2) is 0 Å². The molecule has 1 heterocycles. The van der Waals surface area contributed by atoms with Gasteiger partial charge in [-0.2, -0.15) is 13.2 Å². The summed E-state index contributed by atoms with van der Waals surface area (Å²) in [6.07, 6.45) is -4.43. The third-order valence-corrected chi connectivity index (χ3v) is 3.15. The van der Waals surface area contributed by atoms with Gasteiger partial charge in [-0.25, -0.2) is 4.79 Å². The zero-order valence-electron chi connectivity index (χ0n) is 10.6. The van der Waals surface area contributed by atoms with Crippen LogP contribution in [0.3, 0.4) is 0 Å². The van der Waals surface area contributed by atoms with E-state index in [9.17, 15) is 18.0 Å². The molecule has 3 aromatic rings. The summed E-state index contributed by atoms with van der Waals surface area (Å²) in [6.45, 7) is 0. The summed E-state index contributed by atoms with van der Waals surface area (Å²) in [5.74, 6) is 0. The van der Waals surface area contributed by atoms with Gasteiger partial charge in [0.25, 0.3) is 0 Å². The minimum atomic E-state index is -4.43. The predicted octanol–water partition coefficient (Wildman–Crippen LogP) is 4.48. The van der Waals surface area contributed by atoms with Gasteiger partial charge < -0.3 is 4.42 Å². The first-order valence-electron chi connectivity index (χ1n) is 6.16. The molecular weight excluding hydrogens is 281 g/mol. The molecule has 106 valence electrons. The molecule has 0 saturated heterocycles. The summed E-state index contributed by atoms with van der Waals surface area (Å²) in [4.78, 5) is 11.6. The lowest BCUT2D eigenvalue weighted by Crippen LogP contribution is -2.05. The SMILES string of the molecule is O=c1cc(-c2cccc(C(F)(F)F)c2)c2ccccc2o1. The van der Waals surface area contributed by atoms with Gasteiger partial charge in [0.1, 0.15) is 5.58 Å². The average Bonchev–Trinajstić information content (AvgIpc) is 2.45. The maximum atomic E-state index is 12.8. The van der Waals surface area contributed by atoms with Crippen molar-refractivity contribution in [3.05, 3.63) is 70.6 Å². The molecule has 5 heteroatoms. The molecular formula is C16H9F3O2. The Balaban J connectivity index is 2.28. The predicted molar refractivity (Wildman–Crippen MR) is 72.9 cm³/mol. The van der Waals surface area contributed by atoms with Crippen LogP contribution in [0.1, 0.15) is 5.56 Å². The highest BCUT2D eigenvalue weighted by Gasteiger charge is 2.30. The van der Waals surface area contributed by atoms with Crippen molar-refractivity contribution in [2.24, 2.45) is 0 Å². The van der Waals surface area contributed by atoms with Crippen LogP contribution in [0.5, 0.6) is 0 Å². The highest BCUT2D eigenvalue weighted by atomic mass is 19.4. The van der Waals surface area contributed by atoms with Crippen LogP contribution in [0.2, 0.25) is 0 Å². The molecule has 0 aliphatic carbocycles. The molecule has 0 aliphatic rings. The molecule has 0 radical (unpaired) electrons. The third-order valence-electron chi connectivity index (χ3n) is 3.15. The second kappa shape index (κ2) is 4.77. The smallest absolute Gasteiger partial charge is 0.416 e. The molecule has 0 unspecified atom stereocenters. The van der Waals surface area contributed by atoms with Crippen LogP contribution in [-0.2, 0) is 6.18 Å². The number of hydrogen-bond donors (Lipinski definition) is 0. The zero-order chi connectivity index (χ0) is 15.0. The molecule has 0 saturated carbocycles. The van der Waals surface area contributed by atoms with E-state index in [-0.39, 0.29) is 0 Å². The lowest BCUT2D eigenvalue weighted by atomic mass is 10.00. The van der Waals surface area contributed by atoms with Gasteiger partial charge in [-0.1, -0.05) is 30.3 Å². The Labute approximate surface area is 117 Å². The number of halogens is 3. The van der Waals surface area contributed by atoms with E-state index >= 15 is 0 Å². The van der Waals surface area contributed by atoms with E-state index in [1.54, 1.807) is 24.3 Å². The second-order valence-electron chi connectivity index (χ2n) is 4.55. The summed E-state index contributed by atoms with van der Waals surface area (Å²) >= 11 is 0. The Morgan fingerprint density at radius 2 is 1.67 bits per heavy atom. The molecule has 2 aromatic carbocycles. The van der Waals surface area contributed by atoms with Crippen molar-refractivity contribution in [2.45, 2.75) is 6.18 Å². The average molecular weight is 290 g/mol. The number of benzene rings is 2. The van der Waals surface area contributed by atoms with E-state index in [2.05, 4.69) is 0 Å². The Hall–Kier alpha value is -2.56. The van der Waals surface area contributed by atoms with Gasteiger partial charge in [0, 0.05) is 11.5 Å². The van der Waals surface area contributed by atoms with Crippen molar-refractivity contribution in [1.29, 1.82) is 0 Å². The zero-order valence-corrected chi connectivity index (χ0v) is 10.6. The minimum Gasteiger partial charge on any atom is -0.423 e. The lowest BCUT2D eigenvalue weighted by Gasteiger charge is -2.10. The third kappa shape index (κ3) is 2.54. The second-order valence-corrected chi connectivity index (χ2v) is 4.55. The highest BCUT2D eigenvalue weighted by molar-refractivity contribution is 5.93. The fourth-order valence-corrected chi connectivity index (χ4v) is 2.21. The van der Waals surface area contributed by atoms with Crippen molar-refractivity contribution >= 4 is 11.0 Å². The Kier molecular flexibility index (Phi) is 3.05. The molecule has 21 heavy (non-hydrogen) atoms. The van der Waals surface area contributed by atoms with E-state index in [0.29, 0.717) is 22.1 Å². The summed E-state index contributed by atoms with van der Waals surface area (Å²) in [5, 5.41) is 0.594. The van der Waals surface area contributed by atoms with E-state index in [0.717, 1.165) is 12.1 Å². The molecule has 2 nitrogen and oxygen atoms in total. The molecule has 3 rings (SSSR count). The van der Waals surface area contributed by atoms with Gasteiger partial charge in [-0.3, -0.25) is 0 Å². The van der Waals surface area contributed by atoms with Crippen LogP contribution in [0.25, 0.3) is 22.1 Å². The monoisotopic (exact) mass is 290 g/mol. The topological polar surface area (TPSA) is 30.2 Å². The highest BCUT2D eigenvalue weighted by Crippen LogP contribution is 2.33. The summed E-state index contributed by atoms with van der Waals surface area (Å²) in [7, 11) is 0. The van der Waals surface area contributed by atoms with Crippen molar-refractivity contribution in [2.75, 3.05) is 0 Å². The van der Waals surface area contributed by atoms with Gasteiger partial charge in [0.15, 0.2) is 0 Å². The quantitative estimate of drug-likeness (QED) is 0.619. The van der Waals surface area contributed by atoms with Crippen LogP contribution in [0.15, 0.2) is 63.8 Å². The Bertz CT molecular complexity index is 863. The molecule has 0 fully saturated rings. The molecule has 0 spiro atoms. The fraction of sp³-hybridized carbons (Fsp3) is 0.0625. The number of alkyl halides is 3. The van der Waals surface area contributed by atoms with Gasteiger partial charge in [-0.15, -0.1) is 0 Å². The van der Waals surface area contributed by atoms with Crippen molar-refractivity contribution in [3.63, 3.8) is 0 Å². The van der Waals surface area contributed by atoms with Gasteiger partial charge in [0.05, 0.1) is 5.56 Å². The maximum Gasteiger partial charge on any atom is 0.416 e. The first-order valence-corrected chi connectivity index (χ1v) is 6.16. The Morgan fingerprint density at radius 3 is 2.43 bits per heavy atom. The van der Waals surface area contributed by atoms with Gasteiger partial charge in [-0.05, 0) is 29.3 Å². The first kappa shape index (κ1) is 13.4. The molecule has 0 aliphatic heterocycles. The normalized spacial score (nSPS) is 11.8. The molecule has 0 bridgehead atoms. The van der Waals surface area contributed by atoms with Crippen LogP contribution in [0, 0.1) is 0 Å².